The third kappa shape index (κ3) is 4.58. The fourth-order valence-electron chi connectivity index (χ4n) is 3.79. The second kappa shape index (κ2) is 8.80. The summed E-state index contributed by atoms with van der Waals surface area (Å²) in [5.74, 6) is -0.198. The van der Waals surface area contributed by atoms with Crippen LogP contribution in [0.15, 0.2) is 52.3 Å². The number of carbonyl (C=O) groups is 1. The highest BCUT2D eigenvalue weighted by atomic mass is 32.2. The molecule has 0 N–H and O–H groups in total. The molecule has 2 aromatic rings. The van der Waals surface area contributed by atoms with Crippen LogP contribution in [0.3, 0.4) is 0 Å². The largest absolute Gasteiger partial charge is 0.593 e. The van der Waals surface area contributed by atoms with Crippen molar-refractivity contribution in [3.8, 4) is 0 Å². The highest BCUT2D eigenvalue weighted by Gasteiger charge is 2.51. The second-order valence-electron chi connectivity index (χ2n) is 9.35. The van der Waals surface area contributed by atoms with Gasteiger partial charge in [-0.2, -0.15) is 0 Å². The summed E-state index contributed by atoms with van der Waals surface area (Å²) < 4.78 is 28.1. The van der Waals surface area contributed by atoms with E-state index in [0.717, 1.165) is 31.4 Å². The van der Waals surface area contributed by atoms with Crippen molar-refractivity contribution in [2.24, 2.45) is 0 Å². The van der Waals surface area contributed by atoms with Crippen LogP contribution in [0.5, 0.6) is 0 Å². The average Bonchev–Trinajstić information content (AvgIpc) is 3.35. The minimum Gasteiger partial charge on any atom is -0.593 e. The molecule has 2 aliphatic rings. The lowest BCUT2D eigenvalue weighted by Gasteiger charge is -2.32. The number of aromatic nitrogens is 1. The molecule has 0 radical (unpaired) electrons. The first-order valence-electron chi connectivity index (χ1n) is 10.9. The van der Waals surface area contributed by atoms with E-state index in [4.69, 9.17) is 9.31 Å². The maximum atomic E-state index is 12.8. The number of pyridine rings is 1. The molecule has 1 unspecified atom stereocenters. The molecule has 0 amide bonds. The predicted octanol–water partition coefficient (Wildman–Crippen LogP) is 2.15. The summed E-state index contributed by atoms with van der Waals surface area (Å²) in [6, 6.07) is 10.0. The van der Waals surface area contributed by atoms with E-state index in [0.29, 0.717) is 10.5 Å². The highest BCUT2D eigenvalue weighted by Crippen LogP contribution is 2.36. The van der Waals surface area contributed by atoms with Gasteiger partial charge in [0, 0.05) is 30.8 Å². The molecule has 9 heteroatoms. The van der Waals surface area contributed by atoms with E-state index < -0.39 is 29.7 Å². The smallest absolute Gasteiger partial charge is 0.494 e. The minimum absolute atomic E-state index is 0.111. The topological polar surface area (TPSA) is 83.8 Å². The van der Waals surface area contributed by atoms with Gasteiger partial charge >= 0.3 is 7.12 Å². The Balaban J connectivity index is 1.46. The lowest BCUT2D eigenvalue weighted by molar-refractivity contribution is 0.00578. The van der Waals surface area contributed by atoms with E-state index in [1.54, 1.807) is 18.2 Å². The van der Waals surface area contributed by atoms with Crippen LogP contribution in [0.2, 0.25) is 0 Å². The third-order valence-electron chi connectivity index (χ3n) is 6.53. The first-order chi connectivity index (χ1) is 15.1. The van der Waals surface area contributed by atoms with Gasteiger partial charge < -0.3 is 18.4 Å². The standard InChI is InChI=1S/C23H29BN2O5S/c1-22(2)23(3,4)31-24(30-22)18-9-7-17(8-10-18)20(27)16-25-15-19(11-12-21(25)28)32(29)26-13-5-6-14-26/h7-12,15H,5-6,13-14,16H2,1-4H3. The zero-order valence-corrected chi connectivity index (χ0v) is 19.8. The van der Waals surface area contributed by atoms with Crippen LogP contribution < -0.4 is 11.0 Å². The number of carbonyl (C=O) groups excluding carboxylic acids is 1. The number of rotatable bonds is 6. The summed E-state index contributed by atoms with van der Waals surface area (Å²) in [5.41, 5.74) is 0.152. The van der Waals surface area contributed by atoms with Gasteiger partial charge in [-0.25, -0.2) is 0 Å². The maximum absolute atomic E-state index is 12.8. The lowest BCUT2D eigenvalue weighted by Crippen LogP contribution is -2.41. The fraction of sp³-hybridized carbons (Fsp3) is 0.478. The van der Waals surface area contributed by atoms with E-state index >= 15 is 0 Å². The van der Waals surface area contributed by atoms with Crippen LogP contribution in [0.4, 0.5) is 0 Å². The van der Waals surface area contributed by atoms with Crippen molar-refractivity contribution < 1.29 is 18.7 Å². The lowest BCUT2D eigenvalue weighted by atomic mass is 9.78. The van der Waals surface area contributed by atoms with Gasteiger partial charge in [-0.05, 0) is 46.0 Å². The van der Waals surface area contributed by atoms with Gasteiger partial charge in [-0.1, -0.05) is 24.3 Å². The Labute approximate surface area is 192 Å². The van der Waals surface area contributed by atoms with Crippen LogP contribution in [0.1, 0.15) is 50.9 Å². The molecule has 1 aromatic carbocycles. The molecule has 0 aliphatic carbocycles. The highest BCUT2D eigenvalue weighted by molar-refractivity contribution is 7.89. The summed E-state index contributed by atoms with van der Waals surface area (Å²) in [5, 5.41) is 0. The molecule has 3 heterocycles. The number of hydrogen-bond acceptors (Lipinski definition) is 6. The van der Waals surface area contributed by atoms with Gasteiger partial charge in [-0.3, -0.25) is 9.59 Å². The van der Waals surface area contributed by atoms with Crippen LogP contribution in [-0.2, 0) is 27.2 Å². The Hall–Kier alpha value is -1.91. The maximum Gasteiger partial charge on any atom is 0.494 e. The molecule has 2 saturated heterocycles. The molecule has 7 nitrogen and oxygen atoms in total. The van der Waals surface area contributed by atoms with Gasteiger partial charge in [0.05, 0.1) is 35.3 Å². The third-order valence-corrected chi connectivity index (χ3v) is 8.01. The van der Waals surface area contributed by atoms with Gasteiger partial charge in [-0.15, -0.1) is 4.31 Å². The van der Waals surface area contributed by atoms with Crippen molar-refractivity contribution in [3.63, 3.8) is 0 Å². The van der Waals surface area contributed by atoms with E-state index in [1.165, 1.54) is 16.8 Å². The molecule has 1 aromatic heterocycles. The fourth-order valence-corrected chi connectivity index (χ4v) is 5.08. The Morgan fingerprint density at radius 2 is 1.62 bits per heavy atom. The molecule has 2 aliphatic heterocycles. The summed E-state index contributed by atoms with van der Waals surface area (Å²) in [7, 11) is -0.496. The van der Waals surface area contributed by atoms with Gasteiger partial charge in [0.25, 0.3) is 5.56 Å². The van der Waals surface area contributed by atoms with Gasteiger partial charge in [0.15, 0.2) is 10.7 Å². The monoisotopic (exact) mass is 456 g/mol. The van der Waals surface area contributed by atoms with Crippen LogP contribution >= 0.6 is 0 Å². The molecule has 0 saturated carbocycles. The summed E-state index contributed by atoms with van der Waals surface area (Å²) in [6.07, 6.45) is 3.57. The minimum atomic E-state index is -1.32. The van der Waals surface area contributed by atoms with Crippen molar-refractivity contribution in [3.05, 3.63) is 58.5 Å². The Morgan fingerprint density at radius 3 is 2.22 bits per heavy atom. The number of benzene rings is 1. The van der Waals surface area contributed by atoms with Crippen LogP contribution in [0.25, 0.3) is 0 Å². The van der Waals surface area contributed by atoms with Crippen molar-refractivity contribution >= 4 is 29.7 Å². The van der Waals surface area contributed by atoms with Crippen molar-refractivity contribution in [2.75, 3.05) is 13.1 Å². The quantitative estimate of drug-likeness (QED) is 0.376. The van der Waals surface area contributed by atoms with Crippen molar-refractivity contribution in [1.29, 1.82) is 0 Å². The van der Waals surface area contributed by atoms with Crippen molar-refractivity contribution in [2.45, 2.75) is 63.2 Å². The number of hydrogen-bond donors (Lipinski definition) is 0. The molecule has 0 spiro atoms. The molecule has 32 heavy (non-hydrogen) atoms. The first kappa shape index (κ1) is 23.3. The van der Waals surface area contributed by atoms with Gasteiger partial charge in [0.2, 0.25) is 0 Å². The van der Waals surface area contributed by atoms with Crippen LogP contribution in [0, 0.1) is 0 Å². The molecule has 2 fully saturated rings. The zero-order chi connectivity index (χ0) is 23.1. The normalized spacial score (nSPS) is 21.1. The Kier molecular flexibility index (Phi) is 6.39. The SMILES string of the molecule is CC1(C)OB(c2ccc(C(=O)Cn3cc([S+]([O-])N4CCCC4)ccc3=O)cc2)OC1(C)C. The molecular weight excluding hydrogens is 427 g/mol. The average molecular weight is 456 g/mol. The number of nitrogens with zero attached hydrogens (tertiary/aromatic N) is 2. The molecule has 170 valence electrons. The second-order valence-corrected chi connectivity index (χ2v) is 10.8. The van der Waals surface area contributed by atoms with Gasteiger partial charge in [0.1, 0.15) is 0 Å². The molecule has 1 atom stereocenters. The Bertz CT molecular complexity index is 1030. The molecule has 0 bridgehead atoms. The van der Waals surface area contributed by atoms with E-state index in [2.05, 4.69) is 0 Å². The molecular formula is C23H29BN2O5S. The summed E-state index contributed by atoms with van der Waals surface area (Å²) in [4.78, 5) is 25.7. The van der Waals surface area contributed by atoms with E-state index in [-0.39, 0.29) is 17.9 Å². The molecule has 4 rings (SSSR count). The summed E-state index contributed by atoms with van der Waals surface area (Å²) >= 11 is -1.32. The number of Topliss-reactive ketones (excluding diaryl/α,β-unsaturated/α-hetero) is 1. The zero-order valence-electron chi connectivity index (χ0n) is 19.0. The Morgan fingerprint density at radius 1 is 1.03 bits per heavy atom. The van der Waals surface area contributed by atoms with Crippen LogP contribution in [-0.4, -0.2) is 50.6 Å². The van der Waals surface area contributed by atoms with E-state index in [1.807, 2.05) is 44.1 Å². The summed E-state index contributed by atoms with van der Waals surface area (Å²) in [6.45, 7) is 9.42. The van der Waals surface area contributed by atoms with E-state index in [9.17, 15) is 14.1 Å². The predicted molar refractivity (Wildman–Crippen MR) is 124 cm³/mol. The number of ketones is 1. The van der Waals surface area contributed by atoms with Crippen molar-refractivity contribution in [1.82, 2.24) is 8.87 Å². The first-order valence-corrected chi connectivity index (χ1v) is 12.0.